The highest BCUT2D eigenvalue weighted by Gasteiger charge is 2.29. The van der Waals surface area contributed by atoms with E-state index in [1.807, 2.05) is 30.5 Å². The van der Waals surface area contributed by atoms with Crippen LogP contribution in [0.25, 0.3) is 10.9 Å². The van der Waals surface area contributed by atoms with E-state index in [4.69, 9.17) is 5.73 Å². The molecule has 0 aliphatic carbocycles. The molecule has 0 spiro atoms. The highest BCUT2D eigenvalue weighted by Crippen LogP contribution is 2.19. The molecule has 3 rings (SSSR count). The number of thioether (sulfide) groups is 1. The van der Waals surface area contributed by atoms with E-state index in [0.717, 1.165) is 16.5 Å². The molecule has 33 heavy (non-hydrogen) atoms. The van der Waals surface area contributed by atoms with Gasteiger partial charge in [0.2, 0.25) is 11.8 Å². The molecule has 3 unspecified atom stereocenters. The van der Waals surface area contributed by atoms with E-state index in [1.54, 1.807) is 18.0 Å². The van der Waals surface area contributed by atoms with E-state index in [9.17, 15) is 19.5 Å². The number of carbonyl (C=O) groups excluding carboxylic acids is 2. The molecule has 10 nitrogen and oxygen atoms in total. The Morgan fingerprint density at radius 3 is 2.58 bits per heavy atom. The van der Waals surface area contributed by atoms with Gasteiger partial charge in [0.1, 0.15) is 12.1 Å². The minimum Gasteiger partial charge on any atom is -0.480 e. The number of carboxylic acid groups (broad SMARTS) is 1. The van der Waals surface area contributed by atoms with E-state index in [-0.39, 0.29) is 12.8 Å². The second-order valence-electron chi connectivity index (χ2n) is 7.69. The van der Waals surface area contributed by atoms with Crippen LogP contribution in [0.3, 0.4) is 0 Å². The lowest BCUT2D eigenvalue weighted by Gasteiger charge is -2.23. The molecule has 0 aliphatic heterocycles. The van der Waals surface area contributed by atoms with Crippen molar-refractivity contribution < 1.29 is 19.5 Å². The summed E-state index contributed by atoms with van der Waals surface area (Å²) >= 11 is 1.57. The van der Waals surface area contributed by atoms with Gasteiger partial charge in [-0.2, -0.15) is 11.8 Å². The number of nitrogens with two attached hydrogens (primary N) is 1. The quantitative estimate of drug-likeness (QED) is 0.227. The molecule has 11 heteroatoms. The Bertz CT molecular complexity index is 1080. The van der Waals surface area contributed by atoms with Crippen LogP contribution >= 0.6 is 11.8 Å². The van der Waals surface area contributed by atoms with Crippen LogP contribution in [0.4, 0.5) is 0 Å². The largest absolute Gasteiger partial charge is 0.480 e. The predicted octanol–water partition coefficient (Wildman–Crippen LogP) is 0.811. The molecule has 3 aromatic rings. The Morgan fingerprint density at radius 2 is 1.88 bits per heavy atom. The standard InChI is InChI=1S/C22H28N6O4S/c1-33-7-6-16(23)20(29)27-18(8-13-10-25-17-5-3-2-4-15(13)17)21(30)28-19(22(31)32)9-14-11-24-12-26-14/h2-5,10-12,16,18-19,25H,6-9,23H2,1H3,(H,24,26)(H,27,29)(H,28,30)(H,31,32). The van der Waals surface area contributed by atoms with Crippen molar-refractivity contribution in [3.8, 4) is 0 Å². The van der Waals surface area contributed by atoms with Crippen LogP contribution in [-0.2, 0) is 27.2 Å². The summed E-state index contributed by atoms with van der Waals surface area (Å²) < 4.78 is 0. The number of hydrogen-bond donors (Lipinski definition) is 6. The molecule has 0 saturated carbocycles. The average molecular weight is 473 g/mol. The molecule has 0 aliphatic rings. The van der Waals surface area contributed by atoms with E-state index < -0.39 is 35.9 Å². The van der Waals surface area contributed by atoms with Crippen molar-refractivity contribution in [2.75, 3.05) is 12.0 Å². The second-order valence-corrected chi connectivity index (χ2v) is 8.68. The Kier molecular flexibility index (Phi) is 8.50. The number of aromatic amines is 2. The van der Waals surface area contributed by atoms with E-state index in [1.165, 1.54) is 12.5 Å². The fourth-order valence-corrected chi connectivity index (χ4v) is 3.96. The number of carboxylic acids is 1. The lowest BCUT2D eigenvalue weighted by atomic mass is 10.0. The number of fused-ring (bicyclic) bond motifs is 1. The van der Waals surface area contributed by atoms with Crippen molar-refractivity contribution in [1.29, 1.82) is 0 Å². The molecule has 176 valence electrons. The molecular weight excluding hydrogens is 444 g/mol. The molecule has 2 aromatic heterocycles. The van der Waals surface area contributed by atoms with Gasteiger partial charge in [-0.25, -0.2) is 9.78 Å². The predicted molar refractivity (Wildman–Crippen MR) is 127 cm³/mol. The van der Waals surface area contributed by atoms with Gasteiger partial charge in [0.15, 0.2) is 0 Å². The number of imidazole rings is 1. The third-order valence-corrected chi connectivity index (χ3v) is 5.94. The zero-order chi connectivity index (χ0) is 23.8. The summed E-state index contributed by atoms with van der Waals surface area (Å²) in [5.74, 6) is -1.53. The normalized spacial score (nSPS) is 13.9. The summed E-state index contributed by atoms with van der Waals surface area (Å²) in [5.41, 5.74) is 8.28. The number of hydrogen-bond acceptors (Lipinski definition) is 6. The smallest absolute Gasteiger partial charge is 0.326 e. The molecule has 1 aromatic carbocycles. The summed E-state index contributed by atoms with van der Waals surface area (Å²) in [6.07, 6.45) is 7.30. The van der Waals surface area contributed by atoms with Crippen LogP contribution in [0.1, 0.15) is 17.7 Å². The Balaban J connectivity index is 1.79. The Hall–Kier alpha value is -3.31. The molecule has 7 N–H and O–H groups in total. The number of rotatable bonds is 12. The van der Waals surface area contributed by atoms with Gasteiger partial charge in [-0.05, 0) is 30.1 Å². The SMILES string of the molecule is CSCCC(N)C(=O)NC(Cc1c[nH]c2ccccc12)C(=O)NC(Cc1cnc[nH]1)C(=O)O. The first-order valence-electron chi connectivity index (χ1n) is 10.5. The van der Waals surface area contributed by atoms with Gasteiger partial charge in [-0.15, -0.1) is 0 Å². The number of aromatic nitrogens is 3. The summed E-state index contributed by atoms with van der Waals surface area (Å²) in [6.45, 7) is 0. The first-order valence-corrected chi connectivity index (χ1v) is 11.9. The Morgan fingerprint density at radius 1 is 1.12 bits per heavy atom. The second kappa shape index (κ2) is 11.5. The maximum absolute atomic E-state index is 13.2. The van der Waals surface area contributed by atoms with Gasteiger partial charge < -0.3 is 31.4 Å². The van der Waals surface area contributed by atoms with Crippen molar-refractivity contribution in [3.63, 3.8) is 0 Å². The zero-order valence-electron chi connectivity index (χ0n) is 18.2. The highest BCUT2D eigenvalue weighted by atomic mass is 32.2. The first kappa shape index (κ1) is 24.3. The van der Waals surface area contributed by atoms with Crippen LogP contribution < -0.4 is 16.4 Å². The van der Waals surface area contributed by atoms with Crippen LogP contribution in [0.5, 0.6) is 0 Å². The van der Waals surface area contributed by atoms with Gasteiger partial charge in [0.25, 0.3) is 0 Å². The van der Waals surface area contributed by atoms with Gasteiger partial charge in [-0.3, -0.25) is 9.59 Å². The maximum Gasteiger partial charge on any atom is 0.326 e. The number of H-pyrrole nitrogens is 2. The van der Waals surface area contributed by atoms with Crippen molar-refractivity contribution in [1.82, 2.24) is 25.6 Å². The van der Waals surface area contributed by atoms with Crippen LogP contribution in [0.15, 0.2) is 43.0 Å². The third-order valence-electron chi connectivity index (χ3n) is 5.30. The lowest BCUT2D eigenvalue weighted by Crippen LogP contribution is -2.55. The van der Waals surface area contributed by atoms with Crippen LogP contribution in [0, 0.1) is 0 Å². The average Bonchev–Trinajstić information content (AvgIpc) is 3.46. The van der Waals surface area contributed by atoms with Crippen molar-refractivity contribution in [3.05, 3.63) is 54.2 Å². The maximum atomic E-state index is 13.2. The number of para-hydroxylation sites is 1. The molecule has 3 atom stereocenters. The summed E-state index contributed by atoms with van der Waals surface area (Å²) in [5, 5.41) is 15.8. The summed E-state index contributed by atoms with van der Waals surface area (Å²) in [4.78, 5) is 47.4. The number of carbonyl (C=O) groups is 3. The topological polar surface area (TPSA) is 166 Å². The molecular formula is C22H28N6O4S. The number of nitrogens with zero attached hydrogens (tertiary/aromatic N) is 1. The van der Waals surface area contributed by atoms with Crippen molar-refractivity contribution >= 4 is 40.4 Å². The van der Waals surface area contributed by atoms with Gasteiger partial charge in [0.05, 0.1) is 12.4 Å². The van der Waals surface area contributed by atoms with Gasteiger partial charge in [-0.1, -0.05) is 18.2 Å². The molecule has 2 heterocycles. The van der Waals surface area contributed by atoms with Gasteiger partial charge >= 0.3 is 5.97 Å². The Labute approximate surface area is 195 Å². The summed E-state index contributed by atoms with van der Waals surface area (Å²) in [7, 11) is 0. The molecule has 2 amide bonds. The number of amides is 2. The number of benzene rings is 1. The fourth-order valence-electron chi connectivity index (χ4n) is 3.47. The highest BCUT2D eigenvalue weighted by molar-refractivity contribution is 7.98. The van der Waals surface area contributed by atoms with Crippen molar-refractivity contribution in [2.24, 2.45) is 5.73 Å². The van der Waals surface area contributed by atoms with Crippen LogP contribution in [-0.4, -0.2) is 68.0 Å². The monoisotopic (exact) mass is 472 g/mol. The fraction of sp³-hybridized carbons (Fsp3) is 0.364. The molecule has 0 fully saturated rings. The minimum atomic E-state index is -1.19. The van der Waals surface area contributed by atoms with Crippen molar-refractivity contribution in [2.45, 2.75) is 37.4 Å². The number of aliphatic carboxylic acids is 1. The lowest BCUT2D eigenvalue weighted by molar-refractivity contribution is -0.142. The number of nitrogens with one attached hydrogen (secondary N) is 4. The van der Waals surface area contributed by atoms with E-state index in [0.29, 0.717) is 17.9 Å². The molecule has 0 saturated heterocycles. The zero-order valence-corrected chi connectivity index (χ0v) is 19.0. The van der Waals surface area contributed by atoms with Gasteiger partial charge in [0, 0.05) is 41.8 Å². The first-order chi connectivity index (χ1) is 15.9. The van der Waals surface area contributed by atoms with E-state index in [2.05, 4.69) is 25.6 Å². The molecule has 0 bridgehead atoms. The minimum absolute atomic E-state index is 0.0298. The van der Waals surface area contributed by atoms with E-state index >= 15 is 0 Å². The third kappa shape index (κ3) is 6.59. The van der Waals surface area contributed by atoms with Crippen LogP contribution in [0.2, 0.25) is 0 Å². The summed E-state index contributed by atoms with van der Waals surface area (Å²) in [6, 6.07) is 4.65. The molecule has 0 radical (unpaired) electrons.